The highest BCUT2D eigenvalue weighted by Crippen LogP contribution is 1.69. The maximum Gasteiger partial charge on any atom is 0.247 e. The van der Waals surface area contributed by atoms with Gasteiger partial charge in [0.05, 0.1) is 6.67 Å². The summed E-state index contributed by atoms with van der Waals surface area (Å²) in [5.41, 5.74) is -0.0532. The van der Waals surface area contributed by atoms with Gasteiger partial charge in [0.2, 0.25) is 5.56 Å². The molecular weight excluding hydrogens is 166 g/mol. The van der Waals surface area contributed by atoms with Crippen LogP contribution in [-0.4, -0.2) is 18.2 Å². The number of hydrogen-bond donors (Lipinski definition) is 3. The third-order valence-corrected chi connectivity index (χ3v) is 1.41. The molecule has 0 spiro atoms. The molecule has 0 atom stereocenters. The van der Waals surface area contributed by atoms with E-state index in [2.05, 4.69) is 15.6 Å². The molecule has 0 saturated heterocycles. The molecule has 0 unspecified atom stereocenters. The van der Waals surface area contributed by atoms with Gasteiger partial charge < -0.3 is 10.3 Å². The van der Waals surface area contributed by atoms with Crippen molar-refractivity contribution in [1.82, 2.24) is 15.6 Å². The van der Waals surface area contributed by atoms with Gasteiger partial charge in [0, 0.05) is 18.8 Å². The smallest absolute Gasteiger partial charge is 0.247 e. The molecular formula is C9H13N3O. The molecule has 1 aliphatic heterocycles. The number of rotatable bonds is 0. The van der Waals surface area contributed by atoms with Gasteiger partial charge in [-0.2, -0.15) is 0 Å². The molecule has 4 heteroatoms. The second kappa shape index (κ2) is 6.02. The molecule has 13 heavy (non-hydrogen) atoms. The first-order chi connectivity index (χ1) is 6.39. The molecule has 0 aromatic carbocycles. The summed E-state index contributed by atoms with van der Waals surface area (Å²) in [6.45, 7) is 1.92. The summed E-state index contributed by atoms with van der Waals surface area (Å²) in [5, 5.41) is 6.08. The Bertz CT molecular complexity index is 280. The molecule has 0 fully saturated rings. The summed E-state index contributed by atoms with van der Waals surface area (Å²) >= 11 is 0. The molecule has 0 saturated carbocycles. The number of aromatic amines is 1. The fourth-order valence-electron chi connectivity index (χ4n) is 0.806. The van der Waals surface area contributed by atoms with E-state index in [9.17, 15) is 4.79 Å². The number of aromatic nitrogens is 1. The Morgan fingerprint density at radius 3 is 2.46 bits per heavy atom. The minimum absolute atomic E-state index is 0.0532. The molecule has 2 heterocycles. The van der Waals surface area contributed by atoms with Crippen LogP contribution in [0.15, 0.2) is 41.5 Å². The SMILES string of the molecule is C1=CNCNC1.O=c1cccc[nH]1. The molecule has 0 radical (unpaired) electrons. The topological polar surface area (TPSA) is 56.9 Å². The molecule has 0 aliphatic carbocycles. The summed E-state index contributed by atoms with van der Waals surface area (Å²) < 4.78 is 0. The van der Waals surface area contributed by atoms with Crippen molar-refractivity contribution < 1.29 is 0 Å². The van der Waals surface area contributed by atoms with Gasteiger partial charge in [0.25, 0.3) is 0 Å². The van der Waals surface area contributed by atoms with E-state index in [0.717, 1.165) is 13.2 Å². The third-order valence-electron chi connectivity index (χ3n) is 1.41. The first kappa shape index (κ1) is 9.54. The third kappa shape index (κ3) is 4.81. The van der Waals surface area contributed by atoms with E-state index < -0.39 is 0 Å². The van der Waals surface area contributed by atoms with Crippen molar-refractivity contribution in [3.8, 4) is 0 Å². The average molecular weight is 179 g/mol. The number of pyridine rings is 1. The average Bonchev–Trinajstić information content (AvgIpc) is 2.22. The van der Waals surface area contributed by atoms with E-state index in [0.29, 0.717) is 0 Å². The predicted octanol–water partition coefficient (Wildman–Crippen LogP) is 0.0253. The predicted molar refractivity (Wildman–Crippen MR) is 52.2 cm³/mol. The minimum atomic E-state index is -0.0532. The Hall–Kier alpha value is -1.55. The zero-order valence-corrected chi connectivity index (χ0v) is 7.29. The summed E-state index contributed by atoms with van der Waals surface area (Å²) in [7, 11) is 0. The van der Waals surface area contributed by atoms with E-state index >= 15 is 0 Å². The maximum atomic E-state index is 10.2. The maximum absolute atomic E-state index is 10.2. The summed E-state index contributed by atoms with van der Waals surface area (Å²) in [6.07, 6.45) is 5.60. The molecule has 3 N–H and O–H groups in total. The van der Waals surface area contributed by atoms with Crippen molar-refractivity contribution in [2.45, 2.75) is 0 Å². The highest BCUT2D eigenvalue weighted by molar-refractivity contribution is 4.89. The lowest BCUT2D eigenvalue weighted by atomic mass is 10.5. The van der Waals surface area contributed by atoms with Crippen LogP contribution in [0.3, 0.4) is 0 Å². The van der Waals surface area contributed by atoms with E-state index in [-0.39, 0.29) is 5.56 Å². The summed E-state index contributed by atoms with van der Waals surface area (Å²) in [6, 6.07) is 4.93. The fraction of sp³-hybridized carbons (Fsp3) is 0.222. The second-order valence-corrected chi connectivity index (χ2v) is 2.46. The zero-order valence-electron chi connectivity index (χ0n) is 7.29. The van der Waals surface area contributed by atoms with Crippen molar-refractivity contribution in [3.63, 3.8) is 0 Å². The van der Waals surface area contributed by atoms with Crippen LogP contribution in [0.1, 0.15) is 0 Å². The normalized spacial score (nSPS) is 13.8. The van der Waals surface area contributed by atoms with E-state index in [4.69, 9.17) is 0 Å². The van der Waals surface area contributed by atoms with E-state index in [1.165, 1.54) is 6.07 Å². The van der Waals surface area contributed by atoms with E-state index in [1.807, 2.05) is 12.3 Å². The van der Waals surface area contributed by atoms with Crippen molar-refractivity contribution in [2.24, 2.45) is 0 Å². The Kier molecular flexibility index (Phi) is 4.42. The van der Waals surface area contributed by atoms with Crippen LogP contribution in [-0.2, 0) is 0 Å². The molecule has 1 aliphatic rings. The molecule has 0 amide bonds. The Balaban J connectivity index is 0.000000132. The van der Waals surface area contributed by atoms with Crippen molar-refractivity contribution in [1.29, 1.82) is 0 Å². The van der Waals surface area contributed by atoms with Crippen LogP contribution in [0.4, 0.5) is 0 Å². The first-order valence-corrected chi connectivity index (χ1v) is 4.12. The van der Waals surface area contributed by atoms with Crippen LogP contribution in [0.2, 0.25) is 0 Å². The Morgan fingerprint density at radius 1 is 1.31 bits per heavy atom. The minimum Gasteiger partial charge on any atom is -0.379 e. The van der Waals surface area contributed by atoms with Crippen LogP contribution in [0, 0.1) is 0 Å². The van der Waals surface area contributed by atoms with Gasteiger partial charge in [-0.25, -0.2) is 0 Å². The highest BCUT2D eigenvalue weighted by Gasteiger charge is 1.81. The number of nitrogens with one attached hydrogen (secondary N) is 3. The standard InChI is InChI=1S/C5H5NO.C4H8N2/c7-5-3-1-2-4-6-5;1-2-5-4-6-3-1/h1-4H,(H,6,7);1-2,5-6H,3-4H2. The summed E-state index contributed by atoms with van der Waals surface area (Å²) in [4.78, 5) is 12.7. The van der Waals surface area contributed by atoms with Crippen molar-refractivity contribution >= 4 is 0 Å². The second-order valence-electron chi connectivity index (χ2n) is 2.46. The van der Waals surface area contributed by atoms with Gasteiger partial charge in [0.1, 0.15) is 0 Å². The van der Waals surface area contributed by atoms with E-state index in [1.54, 1.807) is 18.3 Å². The molecule has 70 valence electrons. The van der Waals surface area contributed by atoms with Crippen LogP contribution < -0.4 is 16.2 Å². The van der Waals surface area contributed by atoms with Gasteiger partial charge in [-0.15, -0.1) is 0 Å². The zero-order chi connectivity index (χ0) is 9.36. The lowest BCUT2D eigenvalue weighted by Crippen LogP contribution is -2.29. The van der Waals surface area contributed by atoms with Crippen molar-refractivity contribution in [2.75, 3.05) is 13.2 Å². The van der Waals surface area contributed by atoms with Crippen LogP contribution in [0.25, 0.3) is 0 Å². The lowest BCUT2D eigenvalue weighted by Gasteiger charge is -2.05. The molecule has 2 rings (SSSR count). The number of H-pyrrole nitrogens is 1. The van der Waals surface area contributed by atoms with Gasteiger partial charge in [-0.05, 0) is 12.3 Å². The lowest BCUT2D eigenvalue weighted by molar-refractivity contribution is 0.669. The first-order valence-electron chi connectivity index (χ1n) is 4.12. The number of hydrogen-bond acceptors (Lipinski definition) is 3. The fourth-order valence-corrected chi connectivity index (χ4v) is 0.806. The summed E-state index contributed by atoms with van der Waals surface area (Å²) in [5.74, 6) is 0. The van der Waals surface area contributed by atoms with Gasteiger partial charge in [-0.3, -0.25) is 10.1 Å². The molecule has 1 aromatic heterocycles. The highest BCUT2D eigenvalue weighted by atomic mass is 16.1. The Labute approximate surface area is 76.7 Å². The van der Waals surface area contributed by atoms with Crippen LogP contribution in [0.5, 0.6) is 0 Å². The molecule has 0 bridgehead atoms. The Morgan fingerprint density at radius 2 is 2.23 bits per heavy atom. The largest absolute Gasteiger partial charge is 0.379 e. The van der Waals surface area contributed by atoms with Crippen LogP contribution >= 0.6 is 0 Å². The van der Waals surface area contributed by atoms with Gasteiger partial charge in [0.15, 0.2) is 0 Å². The monoisotopic (exact) mass is 179 g/mol. The molecule has 4 nitrogen and oxygen atoms in total. The molecule has 1 aromatic rings. The van der Waals surface area contributed by atoms with Gasteiger partial charge in [-0.1, -0.05) is 12.1 Å². The van der Waals surface area contributed by atoms with Crippen molar-refractivity contribution in [3.05, 3.63) is 47.0 Å². The van der Waals surface area contributed by atoms with Gasteiger partial charge >= 0.3 is 0 Å². The quantitative estimate of drug-likeness (QED) is 0.526.